The number of hydrogen-bond acceptors (Lipinski definition) is 5. The molecule has 0 heterocycles. The lowest BCUT2D eigenvalue weighted by Crippen LogP contribution is -2.44. The Morgan fingerprint density at radius 3 is 2.21 bits per heavy atom. The summed E-state index contributed by atoms with van der Waals surface area (Å²) in [6.45, 7) is 5.50. The van der Waals surface area contributed by atoms with E-state index < -0.39 is 23.7 Å². The van der Waals surface area contributed by atoms with Gasteiger partial charge in [-0.15, -0.1) is 11.8 Å². The number of alkyl carbamates (subject to hydrolysis) is 1. The third-order valence-corrected chi connectivity index (χ3v) is 4.66. The highest BCUT2D eigenvalue weighted by molar-refractivity contribution is 7.99. The van der Waals surface area contributed by atoms with Crippen LogP contribution in [0.4, 0.5) is 4.79 Å². The van der Waals surface area contributed by atoms with Crippen molar-refractivity contribution in [1.29, 1.82) is 0 Å². The average Bonchev–Trinajstić information content (AvgIpc) is 2.65. The number of benzene rings is 2. The third kappa shape index (κ3) is 8.48. The fourth-order valence-electron chi connectivity index (χ4n) is 2.34. The number of thioether (sulfide) groups is 1. The molecule has 1 amide bonds. The van der Waals surface area contributed by atoms with E-state index in [1.807, 2.05) is 60.7 Å². The SMILES string of the molecule is CC(C)(C)OC(=O)N[C@@H](CCSc1ccccc1)C(=O)OCc1ccccc1. The minimum atomic E-state index is -0.769. The smallest absolute Gasteiger partial charge is 0.408 e. The van der Waals surface area contributed by atoms with Crippen molar-refractivity contribution in [3.05, 3.63) is 66.2 Å². The number of amides is 1. The number of ether oxygens (including phenoxy) is 2. The Morgan fingerprint density at radius 1 is 1.00 bits per heavy atom. The first-order valence-electron chi connectivity index (χ1n) is 9.21. The maximum absolute atomic E-state index is 12.6. The van der Waals surface area contributed by atoms with Crippen molar-refractivity contribution >= 4 is 23.8 Å². The molecule has 0 fully saturated rings. The van der Waals surface area contributed by atoms with Gasteiger partial charge in [0.1, 0.15) is 18.2 Å². The lowest BCUT2D eigenvalue weighted by atomic mass is 10.2. The molecular formula is C22H27NO4S. The van der Waals surface area contributed by atoms with Gasteiger partial charge in [0.05, 0.1) is 0 Å². The molecule has 0 aliphatic rings. The van der Waals surface area contributed by atoms with E-state index in [1.165, 1.54) is 0 Å². The fraction of sp³-hybridized carbons (Fsp3) is 0.364. The minimum Gasteiger partial charge on any atom is -0.459 e. The number of hydrogen-bond donors (Lipinski definition) is 1. The van der Waals surface area contributed by atoms with Gasteiger partial charge in [-0.25, -0.2) is 9.59 Å². The van der Waals surface area contributed by atoms with Crippen LogP contribution in [0.25, 0.3) is 0 Å². The third-order valence-electron chi connectivity index (χ3n) is 3.62. The largest absolute Gasteiger partial charge is 0.459 e. The van der Waals surface area contributed by atoms with Gasteiger partial charge in [-0.1, -0.05) is 48.5 Å². The molecule has 1 N–H and O–H groups in total. The summed E-state index contributed by atoms with van der Waals surface area (Å²) >= 11 is 1.62. The highest BCUT2D eigenvalue weighted by Crippen LogP contribution is 2.19. The molecule has 28 heavy (non-hydrogen) atoms. The van der Waals surface area contributed by atoms with E-state index in [-0.39, 0.29) is 6.61 Å². The summed E-state index contributed by atoms with van der Waals surface area (Å²) in [5.41, 5.74) is 0.256. The number of carbonyl (C=O) groups excluding carboxylic acids is 2. The summed E-state index contributed by atoms with van der Waals surface area (Å²) in [7, 11) is 0. The Hall–Kier alpha value is -2.47. The van der Waals surface area contributed by atoms with Crippen LogP contribution in [0.15, 0.2) is 65.6 Å². The molecular weight excluding hydrogens is 374 g/mol. The lowest BCUT2D eigenvalue weighted by Gasteiger charge is -2.23. The number of rotatable bonds is 8. The van der Waals surface area contributed by atoms with Crippen LogP contribution in [-0.2, 0) is 20.9 Å². The van der Waals surface area contributed by atoms with Gasteiger partial charge < -0.3 is 14.8 Å². The molecule has 5 nitrogen and oxygen atoms in total. The van der Waals surface area contributed by atoms with E-state index in [2.05, 4.69) is 5.32 Å². The second-order valence-electron chi connectivity index (χ2n) is 7.24. The van der Waals surface area contributed by atoms with Crippen LogP contribution >= 0.6 is 11.8 Å². The highest BCUT2D eigenvalue weighted by atomic mass is 32.2. The van der Waals surface area contributed by atoms with E-state index >= 15 is 0 Å². The summed E-state index contributed by atoms with van der Waals surface area (Å²) in [5, 5.41) is 2.65. The van der Waals surface area contributed by atoms with Crippen molar-refractivity contribution in [3.8, 4) is 0 Å². The van der Waals surface area contributed by atoms with Crippen LogP contribution in [0, 0.1) is 0 Å². The second kappa shape index (κ2) is 10.8. The average molecular weight is 402 g/mol. The van der Waals surface area contributed by atoms with Crippen molar-refractivity contribution in [2.45, 2.75) is 50.3 Å². The van der Waals surface area contributed by atoms with Crippen LogP contribution in [0.3, 0.4) is 0 Å². The quantitative estimate of drug-likeness (QED) is 0.508. The zero-order chi connectivity index (χ0) is 20.4. The highest BCUT2D eigenvalue weighted by Gasteiger charge is 2.25. The molecule has 2 aromatic carbocycles. The second-order valence-corrected chi connectivity index (χ2v) is 8.41. The Labute approximate surface area is 170 Å². The van der Waals surface area contributed by atoms with Crippen molar-refractivity contribution in [2.75, 3.05) is 5.75 Å². The van der Waals surface area contributed by atoms with Crippen LogP contribution in [0.1, 0.15) is 32.8 Å². The van der Waals surface area contributed by atoms with Gasteiger partial charge in [0.25, 0.3) is 0 Å². The van der Waals surface area contributed by atoms with Crippen LogP contribution in [0.5, 0.6) is 0 Å². The molecule has 6 heteroatoms. The first-order valence-corrected chi connectivity index (χ1v) is 10.2. The zero-order valence-electron chi connectivity index (χ0n) is 16.5. The van der Waals surface area contributed by atoms with E-state index in [0.717, 1.165) is 10.5 Å². The topological polar surface area (TPSA) is 64.6 Å². The van der Waals surface area contributed by atoms with Gasteiger partial charge in [0.15, 0.2) is 0 Å². The first-order chi connectivity index (χ1) is 13.3. The molecule has 0 aliphatic carbocycles. The van der Waals surface area contributed by atoms with Gasteiger partial charge >= 0.3 is 12.1 Å². The molecule has 0 aromatic heterocycles. The van der Waals surface area contributed by atoms with E-state index in [1.54, 1.807) is 32.5 Å². The van der Waals surface area contributed by atoms with Crippen molar-refractivity contribution in [1.82, 2.24) is 5.32 Å². The van der Waals surface area contributed by atoms with Crippen LogP contribution in [-0.4, -0.2) is 29.5 Å². The van der Waals surface area contributed by atoms with Crippen LogP contribution in [0.2, 0.25) is 0 Å². The molecule has 2 rings (SSSR count). The van der Waals surface area contributed by atoms with Gasteiger partial charge in [0.2, 0.25) is 0 Å². The van der Waals surface area contributed by atoms with Crippen molar-refractivity contribution in [2.24, 2.45) is 0 Å². The first kappa shape index (κ1) is 21.8. The van der Waals surface area contributed by atoms with Gasteiger partial charge in [-0.3, -0.25) is 0 Å². The zero-order valence-corrected chi connectivity index (χ0v) is 17.3. The molecule has 0 radical (unpaired) electrons. The Balaban J connectivity index is 1.93. The molecule has 150 valence electrons. The van der Waals surface area contributed by atoms with Crippen molar-refractivity contribution < 1.29 is 19.1 Å². The maximum Gasteiger partial charge on any atom is 0.408 e. The summed E-state index contributed by atoms with van der Waals surface area (Å²) in [4.78, 5) is 25.8. The molecule has 0 saturated heterocycles. The summed E-state index contributed by atoms with van der Waals surface area (Å²) in [5.74, 6) is 0.189. The monoisotopic (exact) mass is 401 g/mol. The fourth-order valence-corrected chi connectivity index (χ4v) is 3.28. The van der Waals surface area contributed by atoms with Crippen LogP contribution < -0.4 is 5.32 Å². The minimum absolute atomic E-state index is 0.165. The Kier molecular flexibility index (Phi) is 8.39. The summed E-state index contributed by atoms with van der Waals surface area (Å²) in [6.07, 6.45) is -0.189. The predicted molar refractivity (Wildman–Crippen MR) is 111 cm³/mol. The number of nitrogens with one attached hydrogen (secondary N) is 1. The van der Waals surface area contributed by atoms with E-state index in [9.17, 15) is 9.59 Å². The molecule has 1 atom stereocenters. The van der Waals surface area contributed by atoms with Gasteiger partial charge in [-0.05, 0) is 44.9 Å². The predicted octanol–water partition coefficient (Wildman–Crippen LogP) is 4.81. The number of carbonyl (C=O) groups is 2. The molecule has 0 aliphatic heterocycles. The summed E-state index contributed by atoms with van der Waals surface area (Å²) in [6, 6.07) is 18.6. The standard InChI is InChI=1S/C22H27NO4S/c1-22(2,3)27-21(25)23-19(14-15-28-18-12-8-5-9-13-18)20(24)26-16-17-10-6-4-7-11-17/h4-13,19H,14-16H2,1-3H3,(H,23,25)/t19-/m0/s1. The molecule has 0 bridgehead atoms. The Bertz CT molecular complexity index is 744. The normalized spacial score (nSPS) is 12.1. The summed E-state index contributed by atoms with van der Waals surface area (Å²) < 4.78 is 10.7. The molecule has 2 aromatic rings. The lowest BCUT2D eigenvalue weighted by molar-refractivity contribution is -0.147. The number of esters is 1. The van der Waals surface area contributed by atoms with E-state index in [4.69, 9.17) is 9.47 Å². The molecule has 0 saturated carbocycles. The van der Waals surface area contributed by atoms with Crippen molar-refractivity contribution in [3.63, 3.8) is 0 Å². The Morgan fingerprint density at radius 2 is 1.61 bits per heavy atom. The molecule has 0 spiro atoms. The molecule has 0 unspecified atom stereocenters. The van der Waals surface area contributed by atoms with Gasteiger partial charge in [-0.2, -0.15) is 0 Å². The maximum atomic E-state index is 12.6. The van der Waals surface area contributed by atoms with Gasteiger partial charge in [0, 0.05) is 10.6 Å². The van der Waals surface area contributed by atoms with E-state index in [0.29, 0.717) is 12.2 Å².